The lowest BCUT2D eigenvalue weighted by Crippen LogP contribution is -2.08. The Bertz CT molecular complexity index is 5380. The van der Waals surface area contributed by atoms with Crippen LogP contribution in [0, 0.1) is 4.91 Å². The molecule has 8 aromatic carbocycles. The number of carboxylic acid groups (broad SMARTS) is 1. The summed E-state index contributed by atoms with van der Waals surface area (Å²) in [6.07, 6.45) is 4.96. The molecule has 0 aliphatic carbocycles. The molecule has 448 valence electrons. The first-order valence-electron chi connectivity index (χ1n) is 29.3. The van der Waals surface area contributed by atoms with Crippen LogP contribution in [0.4, 0.5) is 0 Å². The third kappa shape index (κ3) is 10.5. The van der Waals surface area contributed by atoms with Crippen LogP contribution in [0.5, 0.6) is 0 Å². The number of rotatable bonds is 9. The lowest BCUT2D eigenvalue weighted by molar-refractivity contribution is -0.136. The summed E-state index contributed by atoms with van der Waals surface area (Å²) < 4.78 is 11.5. The van der Waals surface area contributed by atoms with E-state index >= 15 is 0 Å². The predicted octanol–water partition coefficient (Wildman–Crippen LogP) is 12.8. The zero-order valence-electron chi connectivity index (χ0n) is 49.7. The molecule has 0 unspecified atom stereocenters. The van der Waals surface area contributed by atoms with E-state index in [4.69, 9.17) is 5.11 Å². The minimum absolute atomic E-state index is 0.237. The number of para-hydroxylation sites is 4. The number of aromatic nitrogens is 18. The Balaban J connectivity index is 0.000000121. The number of hydrogen-bond acceptors (Lipinski definition) is 15. The van der Waals surface area contributed by atoms with Crippen LogP contribution in [0.3, 0.4) is 0 Å². The Kier molecular flexibility index (Phi) is 16.1. The summed E-state index contributed by atoms with van der Waals surface area (Å²) in [5.74, 6) is 1.73. The zero-order chi connectivity index (χ0) is 63.2. The van der Waals surface area contributed by atoms with E-state index in [9.17, 15) is 14.5 Å². The summed E-state index contributed by atoms with van der Waals surface area (Å²) in [7, 11) is 0. The maximum absolute atomic E-state index is 11.4. The first-order valence-corrected chi connectivity index (χ1v) is 29.3. The number of hydrogen-bond donors (Lipinski definition) is 1. The number of aliphatic carboxylic acids is 1. The first kappa shape index (κ1) is 58.1. The minimum Gasteiger partial charge on any atom is -0.481 e. The second-order valence-corrected chi connectivity index (χ2v) is 20.4. The van der Waals surface area contributed by atoms with Gasteiger partial charge in [-0.3, -0.25) is 36.0 Å². The van der Waals surface area contributed by atoms with Gasteiger partial charge in [0.05, 0.1) is 39.5 Å². The fourth-order valence-electron chi connectivity index (χ4n) is 11.1. The van der Waals surface area contributed by atoms with Gasteiger partial charge in [0.2, 0.25) is 33.9 Å². The second kappa shape index (κ2) is 25.4. The molecule has 1 N–H and O–H groups in total. The highest BCUT2D eigenvalue weighted by Gasteiger charge is 2.25. The molecule has 23 nitrogen and oxygen atoms in total. The van der Waals surface area contributed by atoms with Crippen molar-refractivity contribution in [2.75, 3.05) is 0 Å². The summed E-state index contributed by atoms with van der Waals surface area (Å²) in [5, 5.41) is 65.8. The van der Waals surface area contributed by atoms with Crippen molar-refractivity contribution in [3.8, 4) is 45.6 Å². The number of benzene rings is 8. The second-order valence-electron chi connectivity index (χ2n) is 20.4. The van der Waals surface area contributed by atoms with Crippen LogP contribution < -0.4 is 0 Å². The van der Waals surface area contributed by atoms with Crippen molar-refractivity contribution in [1.29, 1.82) is 0 Å². The normalized spacial score (nSPS) is 11.2. The average Bonchev–Trinajstić information content (AvgIpc) is 1.46. The molecule has 0 saturated heterocycles. The molecule has 92 heavy (non-hydrogen) atoms. The smallest absolute Gasteiger partial charge is 0.311 e. The van der Waals surface area contributed by atoms with Gasteiger partial charge in [-0.1, -0.05) is 209 Å². The SMILES string of the molecule is C=C/C=C\C.CC.O=NC(=O)Cc1nnc2c3nnc(CC(=O)O)n3c3ccccc3n12.c1ccc(-c2nnc3c4nnc(-c5ccccc5)n4c4cc5ccccc5cc4n23)cc1.c1ccc(-c2nnc3c4nnc(-c5ccccc5)n4c4ccccc4n23)cc1. The van der Waals surface area contributed by atoms with Gasteiger partial charge in [0.25, 0.3) is 5.91 Å². The Morgan fingerprint density at radius 2 is 0.674 bits per heavy atom. The van der Waals surface area contributed by atoms with Gasteiger partial charge >= 0.3 is 5.97 Å². The van der Waals surface area contributed by atoms with Crippen molar-refractivity contribution < 1.29 is 14.7 Å². The summed E-state index contributed by atoms with van der Waals surface area (Å²) in [6, 6.07) is 68.4. The maximum atomic E-state index is 11.4. The lowest BCUT2D eigenvalue weighted by Gasteiger charge is -2.11. The van der Waals surface area contributed by atoms with E-state index in [1.54, 1.807) is 39.1 Å². The minimum atomic E-state index is -1.04. The van der Waals surface area contributed by atoms with Crippen molar-refractivity contribution >= 4 is 89.6 Å². The van der Waals surface area contributed by atoms with E-state index in [1.807, 2.05) is 166 Å². The van der Waals surface area contributed by atoms with E-state index < -0.39 is 11.9 Å². The number of allylic oxidation sites excluding steroid dienone is 3. The van der Waals surface area contributed by atoms with E-state index in [1.165, 1.54) is 0 Å². The number of carbonyl (C=O) groups is 2. The summed E-state index contributed by atoms with van der Waals surface area (Å²) >= 11 is 0. The largest absolute Gasteiger partial charge is 0.481 e. The topological polar surface area (TPSA) is 265 Å². The fraction of sp³-hybridized carbons (Fsp3) is 0.0725. The molecular weight excluding hydrogens is 1160 g/mol. The van der Waals surface area contributed by atoms with Crippen LogP contribution in [-0.2, 0) is 22.4 Å². The van der Waals surface area contributed by atoms with Gasteiger partial charge < -0.3 is 5.11 Å². The van der Waals surface area contributed by atoms with E-state index in [2.05, 4.69) is 139 Å². The molecule has 1 amide bonds. The van der Waals surface area contributed by atoms with Gasteiger partial charge in [-0.25, -0.2) is 0 Å². The molecule has 23 heteroatoms. The summed E-state index contributed by atoms with van der Waals surface area (Å²) in [6.45, 7) is 9.42. The standard InChI is InChI=1S/C26H16N6.C22H14N6.C14H9N7O4.C5H8.C2H6/c1-3-9-17(10-4-1)23-27-29-25-26-30-28-24(18-11-5-2-6-12-18)32(26)22-16-20-14-8-7-13-19(20)15-21(22)31(23)25;1-3-9-15(10-4-1)19-23-25-21-22-26-24-20(16-11-5-2-6-12-16)28(22)18-14-8-7-13-17(18)27(19)21;22-11(19-25)5-9-15-17-13-14-18-16-10(6-12(23)24)21(14)8-4-2-1-3-7(8)20(9)13;1-3-5-4-2;1-2/h1-16H;1-14H;1-4H,5-6H2,(H,23,24);3-5H,1H2,2H3;1-2H3/b;;;5-4-;. The number of nitroso groups, excluding NO2 is 1. The highest BCUT2D eigenvalue weighted by molar-refractivity contribution is 6.00. The Labute approximate surface area is 521 Å². The molecule has 17 aromatic rings. The number of nitrogens with zero attached hydrogens (tertiary/aromatic N) is 19. The fourth-order valence-corrected chi connectivity index (χ4v) is 11.1. The highest BCUT2D eigenvalue weighted by Crippen LogP contribution is 2.34. The van der Waals surface area contributed by atoms with Gasteiger partial charge in [-0.15, -0.1) is 66.1 Å². The predicted molar refractivity (Wildman–Crippen MR) is 353 cm³/mol. The van der Waals surface area contributed by atoms with Crippen molar-refractivity contribution in [2.45, 2.75) is 33.6 Å². The molecular formula is C69H53N19O4. The quantitative estimate of drug-likeness (QED) is 0.0799. The van der Waals surface area contributed by atoms with Crippen LogP contribution in [-0.4, -0.2) is 105 Å². The van der Waals surface area contributed by atoms with Crippen molar-refractivity contribution in [2.24, 2.45) is 5.18 Å². The monoisotopic (exact) mass is 1210 g/mol. The van der Waals surface area contributed by atoms with Gasteiger partial charge in [-0.05, 0) is 54.1 Å². The van der Waals surface area contributed by atoms with Crippen molar-refractivity contribution in [3.05, 3.63) is 248 Å². The van der Waals surface area contributed by atoms with Crippen LogP contribution >= 0.6 is 0 Å². The Morgan fingerprint density at radius 1 is 0.391 bits per heavy atom. The van der Waals surface area contributed by atoms with E-state index in [-0.39, 0.29) is 24.5 Å². The summed E-state index contributed by atoms with van der Waals surface area (Å²) in [4.78, 5) is 32.9. The highest BCUT2D eigenvalue weighted by atomic mass is 16.4. The van der Waals surface area contributed by atoms with Crippen molar-refractivity contribution in [1.82, 2.24) is 87.6 Å². The number of amides is 1. The molecule has 9 heterocycles. The van der Waals surface area contributed by atoms with Gasteiger partial charge in [0.15, 0.2) is 23.3 Å². The maximum Gasteiger partial charge on any atom is 0.311 e. The van der Waals surface area contributed by atoms with Crippen LogP contribution in [0.1, 0.15) is 32.4 Å². The lowest BCUT2D eigenvalue weighted by atomic mass is 10.1. The first-order chi connectivity index (χ1) is 45.3. The Hall–Kier alpha value is -12.9. The number of fused-ring (bicyclic) bond motifs is 19. The molecule has 0 bridgehead atoms. The van der Waals surface area contributed by atoms with Crippen LogP contribution in [0.25, 0.3) is 123 Å². The number of carbonyl (C=O) groups excluding carboxylic acids is 1. The molecule has 17 rings (SSSR count). The van der Waals surface area contributed by atoms with Crippen LogP contribution in [0.15, 0.2) is 236 Å². The van der Waals surface area contributed by atoms with Gasteiger partial charge in [0.1, 0.15) is 18.1 Å². The zero-order valence-corrected chi connectivity index (χ0v) is 49.7. The third-order valence-electron chi connectivity index (χ3n) is 14.9. The molecule has 0 aliphatic rings. The molecule has 0 spiro atoms. The van der Waals surface area contributed by atoms with Crippen LogP contribution in [0.2, 0.25) is 0 Å². The molecule has 0 aliphatic heterocycles. The number of carboxylic acids is 1. The van der Waals surface area contributed by atoms with E-state index in [0.717, 1.165) is 78.4 Å². The molecule has 9 aromatic heterocycles. The summed E-state index contributed by atoms with van der Waals surface area (Å²) in [5.41, 5.74) is 12.6. The van der Waals surface area contributed by atoms with Gasteiger partial charge in [0, 0.05) is 27.4 Å². The molecule has 0 saturated carbocycles. The molecule has 0 atom stereocenters. The average molecular weight is 1210 g/mol. The van der Waals surface area contributed by atoms with E-state index in [0.29, 0.717) is 44.9 Å². The van der Waals surface area contributed by atoms with Crippen molar-refractivity contribution in [3.63, 3.8) is 0 Å². The van der Waals surface area contributed by atoms with Gasteiger partial charge in [-0.2, -0.15) is 0 Å². The third-order valence-corrected chi connectivity index (χ3v) is 14.9. The molecule has 0 fully saturated rings. The molecule has 0 radical (unpaired) electrons. The Morgan fingerprint density at radius 3 is 0.978 bits per heavy atom.